The molecule has 1 N–H and O–H groups in total. The zero-order valence-electron chi connectivity index (χ0n) is 16.1. The number of benzene rings is 1. The number of carbonyl (C=O) groups is 1. The highest BCUT2D eigenvalue weighted by Crippen LogP contribution is 2.54. The van der Waals surface area contributed by atoms with Gasteiger partial charge in [-0.2, -0.15) is 0 Å². The number of carbonyl (C=O) groups excluding carboxylic acids is 1. The Bertz CT molecular complexity index is 961. The lowest BCUT2D eigenvalue weighted by Crippen LogP contribution is -2.56. The van der Waals surface area contributed by atoms with Crippen LogP contribution in [0.1, 0.15) is 35.2 Å². The van der Waals surface area contributed by atoms with Gasteiger partial charge >= 0.3 is 6.09 Å². The first kappa shape index (κ1) is 20.3. The molecule has 29 heavy (non-hydrogen) atoms. The van der Waals surface area contributed by atoms with Gasteiger partial charge in [-0.05, 0) is 60.6 Å². The molecule has 1 atom stereocenters. The third-order valence-electron chi connectivity index (χ3n) is 6.23. The van der Waals surface area contributed by atoms with E-state index in [9.17, 15) is 14.5 Å². The maximum atomic E-state index is 12.7. The van der Waals surface area contributed by atoms with Crippen LogP contribution in [-0.4, -0.2) is 46.4 Å². The summed E-state index contributed by atoms with van der Waals surface area (Å²) in [5.41, 5.74) is 1.52. The number of halogens is 1. The molecule has 8 heteroatoms. The van der Waals surface area contributed by atoms with Gasteiger partial charge in [0.15, 0.2) is 8.46 Å². The lowest BCUT2D eigenvalue weighted by Gasteiger charge is -2.47. The molecule has 152 valence electrons. The number of pyridine rings is 1. The molecule has 2 aliphatic rings. The lowest BCUT2D eigenvalue weighted by atomic mass is 9.71. The first-order chi connectivity index (χ1) is 13.9. The van der Waals surface area contributed by atoms with E-state index >= 15 is 0 Å². The minimum atomic E-state index is -1.56. The highest BCUT2D eigenvalue weighted by atomic mass is 35.5. The molecule has 1 aliphatic carbocycles. The molecule has 1 amide bonds. The molecule has 1 aliphatic heterocycles. The number of piperidine rings is 1. The molecular formula is C21H22ClN2O4P. The van der Waals surface area contributed by atoms with E-state index in [1.54, 1.807) is 17.2 Å². The molecule has 0 saturated carbocycles. The number of amides is 1. The van der Waals surface area contributed by atoms with Gasteiger partial charge in [-0.15, -0.1) is 0 Å². The molecule has 1 aromatic carbocycles. The van der Waals surface area contributed by atoms with Gasteiger partial charge in [-0.3, -0.25) is 9.55 Å². The van der Waals surface area contributed by atoms with Gasteiger partial charge in [-0.25, -0.2) is 4.79 Å². The molecule has 6 nitrogen and oxygen atoms in total. The van der Waals surface area contributed by atoms with Crippen molar-refractivity contribution < 1.29 is 19.2 Å². The van der Waals surface area contributed by atoms with Gasteiger partial charge < -0.3 is 14.7 Å². The maximum absolute atomic E-state index is 12.7. The lowest BCUT2D eigenvalue weighted by molar-refractivity contribution is 0.000533. The Kier molecular flexibility index (Phi) is 5.36. The summed E-state index contributed by atoms with van der Waals surface area (Å²) in [7, 11) is 1.16. The number of hydrogen-bond acceptors (Lipinski definition) is 5. The number of hydrogen-bond donors (Lipinski definition) is 1. The van der Waals surface area contributed by atoms with Crippen molar-refractivity contribution in [1.29, 1.82) is 0 Å². The number of aryl methyl sites for hydroxylation is 2. The van der Waals surface area contributed by atoms with Gasteiger partial charge in [0.1, 0.15) is 5.60 Å². The number of ether oxygens (including phenoxy) is 1. The van der Waals surface area contributed by atoms with E-state index in [-0.39, 0.29) is 8.46 Å². The van der Waals surface area contributed by atoms with Crippen molar-refractivity contribution in [1.82, 2.24) is 9.88 Å². The monoisotopic (exact) mass is 432 g/mol. The molecule has 1 aromatic heterocycles. The van der Waals surface area contributed by atoms with Crippen molar-refractivity contribution >= 4 is 26.2 Å². The van der Waals surface area contributed by atoms with Crippen molar-refractivity contribution in [2.24, 2.45) is 0 Å². The van der Waals surface area contributed by atoms with E-state index in [0.29, 0.717) is 55.1 Å². The number of fused-ring (bicyclic) bond motifs is 2. The number of likely N-dealkylation sites (tertiary alicyclic amines) is 1. The Morgan fingerprint density at radius 1 is 1.24 bits per heavy atom. The van der Waals surface area contributed by atoms with Gasteiger partial charge in [0.05, 0.1) is 18.0 Å². The summed E-state index contributed by atoms with van der Waals surface area (Å²) < 4.78 is 17.5. The highest BCUT2D eigenvalue weighted by molar-refractivity contribution is 7.26. The third kappa shape index (κ3) is 3.14. The average Bonchev–Trinajstić information content (AvgIpc) is 2.88. The van der Waals surface area contributed by atoms with Crippen molar-refractivity contribution in [2.75, 3.05) is 20.2 Å². The Morgan fingerprint density at radius 2 is 1.97 bits per heavy atom. The summed E-state index contributed by atoms with van der Waals surface area (Å²) in [6, 6.07) is 9.25. The zero-order valence-corrected chi connectivity index (χ0v) is 17.7. The number of methoxy groups -OCH3 is 1. The number of aliphatic hydroxyl groups is 1. The fourth-order valence-corrected chi connectivity index (χ4v) is 5.60. The molecule has 0 radical (unpaired) electrons. The standard InChI is InChI=1S/C21H22ClN2O4P/c1-28-19(25)24-11-8-20(29-27,9-12-24)21(26)17-7-6-16(22)13-15(17)5-4-14-3-2-10-23-18(14)21/h2-3,6-7,10,13,26H,4-5,8-9,11-12H2,1H3. The molecular weight excluding hydrogens is 411 g/mol. The Hall–Kier alpha value is -2.01. The molecule has 0 spiro atoms. The van der Waals surface area contributed by atoms with E-state index in [2.05, 4.69) is 4.98 Å². The molecule has 1 fully saturated rings. The Balaban J connectivity index is 1.89. The van der Waals surface area contributed by atoms with Gasteiger partial charge in [-0.1, -0.05) is 23.7 Å². The summed E-state index contributed by atoms with van der Waals surface area (Å²) in [5, 5.41) is 11.9. The van der Waals surface area contributed by atoms with Crippen molar-refractivity contribution in [3.63, 3.8) is 0 Å². The maximum Gasteiger partial charge on any atom is 0.409 e. The van der Waals surface area contributed by atoms with E-state index < -0.39 is 16.9 Å². The summed E-state index contributed by atoms with van der Waals surface area (Å²) >= 11 is 6.24. The predicted octanol–water partition coefficient (Wildman–Crippen LogP) is 3.96. The topological polar surface area (TPSA) is 79.7 Å². The molecule has 4 rings (SSSR count). The highest BCUT2D eigenvalue weighted by Gasteiger charge is 2.58. The summed E-state index contributed by atoms with van der Waals surface area (Å²) in [5.74, 6) is 0. The van der Waals surface area contributed by atoms with E-state index in [0.717, 1.165) is 11.1 Å². The van der Waals surface area contributed by atoms with Crippen molar-refractivity contribution in [2.45, 2.75) is 36.4 Å². The molecule has 0 bridgehead atoms. The fourth-order valence-electron chi connectivity index (χ4n) is 4.66. The molecule has 2 heterocycles. The van der Waals surface area contributed by atoms with Crippen LogP contribution in [0.25, 0.3) is 0 Å². The average molecular weight is 433 g/mol. The second kappa shape index (κ2) is 7.67. The fraction of sp³-hybridized carbons (Fsp3) is 0.429. The molecule has 2 aromatic rings. The van der Waals surface area contributed by atoms with Crippen LogP contribution in [0.3, 0.4) is 0 Å². The minimum absolute atomic E-state index is 0.181. The number of nitrogens with zero attached hydrogens (tertiary/aromatic N) is 2. The van der Waals surface area contributed by atoms with Crippen LogP contribution in [0.5, 0.6) is 0 Å². The van der Waals surface area contributed by atoms with Crippen LogP contribution in [0.4, 0.5) is 4.79 Å². The van der Waals surface area contributed by atoms with E-state index in [1.807, 2.05) is 24.3 Å². The smallest absolute Gasteiger partial charge is 0.409 e. The van der Waals surface area contributed by atoms with E-state index in [4.69, 9.17) is 16.3 Å². The van der Waals surface area contributed by atoms with Crippen LogP contribution in [0.15, 0.2) is 36.5 Å². The Morgan fingerprint density at radius 3 is 2.66 bits per heavy atom. The van der Waals surface area contributed by atoms with E-state index in [1.165, 1.54) is 7.11 Å². The molecule has 1 unspecified atom stereocenters. The minimum Gasteiger partial charge on any atom is -0.453 e. The van der Waals surface area contributed by atoms with Crippen molar-refractivity contribution in [3.8, 4) is 0 Å². The second-order valence-corrected chi connectivity index (χ2v) is 9.08. The summed E-state index contributed by atoms with van der Waals surface area (Å²) in [6.45, 7) is 0.685. The second-order valence-electron chi connectivity index (χ2n) is 7.60. The normalized spacial score (nSPS) is 23.1. The van der Waals surface area contributed by atoms with Gasteiger partial charge in [0.25, 0.3) is 0 Å². The van der Waals surface area contributed by atoms with Crippen LogP contribution in [0.2, 0.25) is 5.02 Å². The van der Waals surface area contributed by atoms with Gasteiger partial charge in [0, 0.05) is 24.3 Å². The summed E-state index contributed by atoms with van der Waals surface area (Å²) in [6.07, 6.45) is 3.35. The number of aromatic nitrogens is 1. The first-order valence-corrected chi connectivity index (χ1v) is 10.8. The summed E-state index contributed by atoms with van der Waals surface area (Å²) in [4.78, 5) is 18.1. The van der Waals surface area contributed by atoms with Crippen LogP contribution >= 0.6 is 20.1 Å². The third-order valence-corrected chi connectivity index (χ3v) is 7.58. The SMILES string of the molecule is COC(=O)N1CCC(P=O)(C2(O)c3ccc(Cl)cc3CCc3cccnc32)CC1. The first-order valence-electron chi connectivity index (χ1n) is 9.58. The van der Waals surface area contributed by atoms with Crippen molar-refractivity contribution in [3.05, 3.63) is 63.9 Å². The van der Waals surface area contributed by atoms with Gasteiger partial charge in [0.2, 0.25) is 0 Å². The quantitative estimate of drug-likeness (QED) is 0.726. The Labute approximate surface area is 176 Å². The predicted molar refractivity (Wildman–Crippen MR) is 110 cm³/mol. The molecule has 1 saturated heterocycles. The van der Waals surface area contributed by atoms with Crippen LogP contribution < -0.4 is 0 Å². The van der Waals surface area contributed by atoms with Crippen LogP contribution in [-0.2, 0) is 27.7 Å². The number of rotatable bonds is 2. The largest absolute Gasteiger partial charge is 0.453 e. The van der Waals surface area contributed by atoms with Crippen LogP contribution in [0, 0.1) is 0 Å². The zero-order chi connectivity index (χ0) is 20.6.